The summed E-state index contributed by atoms with van der Waals surface area (Å²) in [5, 5.41) is 11.6. The van der Waals surface area contributed by atoms with Gasteiger partial charge in [-0.05, 0) is 47.7 Å². The first kappa shape index (κ1) is 27.5. The minimum Gasteiger partial charge on any atom is -0.344 e. The van der Waals surface area contributed by atoms with Gasteiger partial charge in [-0.2, -0.15) is 0 Å². The van der Waals surface area contributed by atoms with E-state index in [1.807, 2.05) is 18.2 Å². The maximum atomic E-state index is 13.4. The van der Waals surface area contributed by atoms with E-state index in [0.717, 1.165) is 34.2 Å². The van der Waals surface area contributed by atoms with E-state index < -0.39 is 17.4 Å². The second-order valence-electron chi connectivity index (χ2n) is 9.23. The Bertz CT molecular complexity index is 1400. The van der Waals surface area contributed by atoms with Crippen LogP contribution in [0.1, 0.15) is 41.3 Å². The van der Waals surface area contributed by atoms with Crippen LogP contribution in [0.3, 0.4) is 0 Å². The van der Waals surface area contributed by atoms with E-state index in [1.165, 1.54) is 19.3 Å². The molecule has 0 atom stereocenters. The lowest BCUT2D eigenvalue weighted by molar-refractivity contribution is -0.168. The second kappa shape index (κ2) is 12.4. The Kier molecular flexibility index (Phi) is 8.73. The average Bonchev–Trinajstić information content (AvgIpc) is 3.74. The SMILES string of the molecule is CCN(OC)C(=O)/C=C/CNC(=O)C(=O)NCc1ccccc1C(=O)NC1(c2cccc3ccccc23)CC1. The zero-order valence-corrected chi connectivity index (χ0v) is 22.0. The summed E-state index contributed by atoms with van der Waals surface area (Å²) < 4.78 is 0. The number of hydrogen-bond acceptors (Lipinski definition) is 5. The monoisotopic (exact) mass is 528 g/mol. The molecule has 0 bridgehead atoms. The Balaban J connectivity index is 1.35. The molecule has 1 aliphatic carbocycles. The summed E-state index contributed by atoms with van der Waals surface area (Å²) in [6.45, 7) is 2.13. The largest absolute Gasteiger partial charge is 0.344 e. The molecule has 202 valence electrons. The lowest BCUT2D eigenvalue weighted by Crippen LogP contribution is -2.40. The van der Waals surface area contributed by atoms with Crippen LogP contribution in [0.15, 0.2) is 78.9 Å². The van der Waals surface area contributed by atoms with Crippen molar-refractivity contribution in [3.8, 4) is 0 Å². The van der Waals surface area contributed by atoms with Crippen molar-refractivity contribution < 1.29 is 24.0 Å². The standard InChI is InChI=1S/C30H32N4O5/c1-3-34(39-2)26(35)16-9-19-31-28(37)29(38)32-20-22-11-5-7-14-24(22)27(36)33-30(17-18-30)25-15-8-12-21-10-4-6-13-23(21)25/h4-16H,3,17-20H2,1-2H3,(H,31,37)(H,32,38)(H,33,36)/b16-9+. The Morgan fingerprint density at radius 2 is 1.62 bits per heavy atom. The fraction of sp³-hybridized carbons (Fsp3) is 0.267. The summed E-state index contributed by atoms with van der Waals surface area (Å²) in [6.07, 6.45) is 4.37. The third kappa shape index (κ3) is 6.50. The van der Waals surface area contributed by atoms with Gasteiger partial charge in [0.15, 0.2) is 0 Å². The lowest BCUT2D eigenvalue weighted by Gasteiger charge is -2.21. The number of amides is 4. The van der Waals surface area contributed by atoms with Gasteiger partial charge >= 0.3 is 11.8 Å². The molecule has 3 aromatic carbocycles. The Morgan fingerprint density at radius 1 is 0.923 bits per heavy atom. The summed E-state index contributed by atoms with van der Waals surface area (Å²) in [5.41, 5.74) is 1.69. The van der Waals surface area contributed by atoms with Crippen molar-refractivity contribution in [3.05, 3.63) is 95.6 Å². The molecule has 0 saturated heterocycles. The van der Waals surface area contributed by atoms with Gasteiger partial charge in [0.1, 0.15) is 0 Å². The number of carbonyl (C=O) groups excluding carboxylic acids is 4. The maximum absolute atomic E-state index is 13.4. The van der Waals surface area contributed by atoms with E-state index >= 15 is 0 Å². The van der Waals surface area contributed by atoms with Crippen molar-refractivity contribution in [2.45, 2.75) is 31.8 Å². The Labute approximate surface area is 227 Å². The molecule has 1 saturated carbocycles. The molecule has 0 radical (unpaired) electrons. The number of rotatable bonds is 10. The molecule has 4 amide bonds. The minimum absolute atomic E-state index is 0.00470. The second-order valence-corrected chi connectivity index (χ2v) is 9.23. The van der Waals surface area contributed by atoms with Crippen molar-refractivity contribution in [2.24, 2.45) is 0 Å². The fourth-order valence-corrected chi connectivity index (χ4v) is 4.52. The number of nitrogens with one attached hydrogen (secondary N) is 3. The van der Waals surface area contributed by atoms with Gasteiger partial charge in [0.05, 0.1) is 12.6 Å². The number of hydroxylamine groups is 2. The molecule has 0 aromatic heterocycles. The molecule has 0 heterocycles. The van der Waals surface area contributed by atoms with Crippen LogP contribution in [0.2, 0.25) is 0 Å². The van der Waals surface area contributed by atoms with Crippen LogP contribution in [0.25, 0.3) is 10.8 Å². The molecule has 0 spiro atoms. The summed E-state index contributed by atoms with van der Waals surface area (Å²) in [6, 6.07) is 21.2. The normalized spacial score (nSPS) is 13.6. The average molecular weight is 529 g/mol. The van der Waals surface area contributed by atoms with Gasteiger partial charge in [-0.3, -0.25) is 24.0 Å². The van der Waals surface area contributed by atoms with Crippen molar-refractivity contribution >= 4 is 34.4 Å². The van der Waals surface area contributed by atoms with Crippen LogP contribution in [-0.2, 0) is 31.3 Å². The summed E-state index contributed by atoms with van der Waals surface area (Å²) in [7, 11) is 1.39. The molecule has 9 heteroatoms. The van der Waals surface area contributed by atoms with Gasteiger partial charge in [-0.15, -0.1) is 0 Å². The van der Waals surface area contributed by atoms with Crippen LogP contribution in [0.4, 0.5) is 0 Å². The van der Waals surface area contributed by atoms with Gasteiger partial charge in [0, 0.05) is 31.3 Å². The zero-order valence-electron chi connectivity index (χ0n) is 22.0. The van der Waals surface area contributed by atoms with E-state index in [2.05, 4.69) is 40.2 Å². The highest BCUT2D eigenvalue weighted by molar-refractivity contribution is 6.35. The van der Waals surface area contributed by atoms with Crippen molar-refractivity contribution in [1.82, 2.24) is 21.0 Å². The van der Waals surface area contributed by atoms with Crippen molar-refractivity contribution in [1.29, 1.82) is 0 Å². The van der Waals surface area contributed by atoms with Gasteiger partial charge in [-0.1, -0.05) is 66.7 Å². The highest BCUT2D eigenvalue weighted by atomic mass is 16.7. The molecule has 1 fully saturated rings. The molecule has 9 nitrogen and oxygen atoms in total. The first-order valence-corrected chi connectivity index (χ1v) is 12.9. The molecular formula is C30H32N4O5. The van der Waals surface area contributed by atoms with E-state index in [4.69, 9.17) is 4.84 Å². The number of benzene rings is 3. The van der Waals surface area contributed by atoms with Crippen LogP contribution in [-0.4, -0.2) is 48.9 Å². The molecule has 3 N–H and O–H groups in total. The quantitative estimate of drug-likeness (QED) is 0.213. The first-order chi connectivity index (χ1) is 18.9. The molecule has 0 aliphatic heterocycles. The van der Waals surface area contributed by atoms with Gasteiger partial charge in [0.25, 0.3) is 11.8 Å². The van der Waals surface area contributed by atoms with Crippen LogP contribution in [0, 0.1) is 0 Å². The number of carbonyl (C=O) groups is 4. The smallest absolute Gasteiger partial charge is 0.309 e. The van der Waals surface area contributed by atoms with Gasteiger partial charge < -0.3 is 16.0 Å². The highest BCUT2D eigenvalue weighted by Gasteiger charge is 2.46. The van der Waals surface area contributed by atoms with Crippen LogP contribution >= 0.6 is 0 Å². The van der Waals surface area contributed by atoms with Crippen molar-refractivity contribution in [3.63, 3.8) is 0 Å². The highest BCUT2D eigenvalue weighted by Crippen LogP contribution is 2.48. The van der Waals surface area contributed by atoms with Gasteiger partial charge in [-0.25, -0.2) is 5.06 Å². The number of hydrogen-bond donors (Lipinski definition) is 3. The minimum atomic E-state index is -0.846. The predicted molar refractivity (Wildman–Crippen MR) is 147 cm³/mol. The topological polar surface area (TPSA) is 117 Å². The summed E-state index contributed by atoms with van der Waals surface area (Å²) in [4.78, 5) is 54.6. The molecule has 4 rings (SSSR count). The van der Waals surface area contributed by atoms with E-state index in [-0.39, 0.29) is 24.9 Å². The maximum Gasteiger partial charge on any atom is 0.309 e. The van der Waals surface area contributed by atoms with E-state index in [1.54, 1.807) is 31.2 Å². The first-order valence-electron chi connectivity index (χ1n) is 12.9. The van der Waals surface area contributed by atoms with E-state index in [0.29, 0.717) is 17.7 Å². The number of nitrogens with zero attached hydrogens (tertiary/aromatic N) is 1. The number of likely N-dealkylation sites (N-methyl/N-ethyl adjacent to an activating group) is 1. The van der Waals surface area contributed by atoms with Crippen LogP contribution in [0.5, 0.6) is 0 Å². The summed E-state index contributed by atoms with van der Waals surface area (Å²) in [5.74, 6) is -2.30. The Morgan fingerprint density at radius 3 is 2.36 bits per heavy atom. The third-order valence-electron chi connectivity index (χ3n) is 6.71. The Hall–Kier alpha value is -4.50. The van der Waals surface area contributed by atoms with E-state index in [9.17, 15) is 19.2 Å². The molecule has 0 unspecified atom stereocenters. The summed E-state index contributed by atoms with van der Waals surface area (Å²) >= 11 is 0. The molecule has 1 aliphatic rings. The number of fused-ring (bicyclic) bond motifs is 1. The third-order valence-corrected chi connectivity index (χ3v) is 6.71. The zero-order chi connectivity index (χ0) is 27.8. The predicted octanol–water partition coefficient (Wildman–Crippen LogP) is 2.96. The lowest BCUT2D eigenvalue weighted by atomic mass is 9.96. The molecule has 39 heavy (non-hydrogen) atoms. The molecular weight excluding hydrogens is 496 g/mol. The van der Waals surface area contributed by atoms with Crippen LogP contribution < -0.4 is 16.0 Å². The fourth-order valence-electron chi connectivity index (χ4n) is 4.52. The van der Waals surface area contributed by atoms with Gasteiger partial charge in [0.2, 0.25) is 0 Å². The van der Waals surface area contributed by atoms with Crippen molar-refractivity contribution in [2.75, 3.05) is 20.2 Å². The molecule has 3 aromatic rings.